The molecule has 1 aromatic carbocycles. The second-order valence-corrected chi connectivity index (χ2v) is 9.26. The first-order valence-corrected chi connectivity index (χ1v) is 10.8. The fraction of sp³-hybridized carbons (Fsp3) is 0.409. The van der Waals surface area contributed by atoms with Gasteiger partial charge in [-0.15, -0.1) is 11.3 Å². The number of hydrogen-bond acceptors (Lipinski definition) is 4. The lowest BCUT2D eigenvalue weighted by molar-refractivity contribution is -0.122. The first kappa shape index (κ1) is 19.6. The molecule has 0 saturated carbocycles. The van der Waals surface area contributed by atoms with E-state index in [-0.39, 0.29) is 18.2 Å². The van der Waals surface area contributed by atoms with Crippen LogP contribution < -0.4 is 16.0 Å². The van der Waals surface area contributed by atoms with Gasteiger partial charge in [0, 0.05) is 23.5 Å². The Hall–Kier alpha value is -2.67. The molecule has 0 radical (unpaired) electrons. The molecular formula is C22H25N3O3S. The summed E-state index contributed by atoms with van der Waals surface area (Å²) in [5.41, 5.74) is 8.98. The highest BCUT2D eigenvalue weighted by molar-refractivity contribution is 7.17. The Morgan fingerprint density at radius 1 is 1.21 bits per heavy atom. The Morgan fingerprint density at radius 3 is 2.62 bits per heavy atom. The van der Waals surface area contributed by atoms with Gasteiger partial charge in [-0.05, 0) is 49.8 Å². The van der Waals surface area contributed by atoms with Crippen LogP contribution in [0.25, 0.3) is 0 Å². The Labute approximate surface area is 174 Å². The number of anilines is 2. The van der Waals surface area contributed by atoms with Gasteiger partial charge >= 0.3 is 0 Å². The average molecular weight is 412 g/mol. The highest BCUT2D eigenvalue weighted by Gasteiger charge is 2.36. The van der Waals surface area contributed by atoms with Crippen LogP contribution in [-0.4, -0.2) is 24.3 Å². The largest absolute Gasteiger partial charge is 0.365 e. The third kappa shape index (κ3) is 3.79. The highest BCUT2D eigenvalue weighted by Crippen LogP contribution is 2.40. The van der Waals surface area contributed by atoms with E-state index in [4.69, 9.17) is 5.73 Å². The second kappa shape index (κ2) is 7.63. The number of benzene rings is 1. The lowest BCUT2D eigenvalue weighted by Gasteiger charge is -2.18. The third-order valence-corrected chi connectivity index (χ3v) is 7.01. The zero-order chi connectivity index (χ0) is 20.7. The zero-order valence-electron chi connectivity index (χ0n) is 16.7. The van der Waals surface area contributed by atoms with Gasteiger partial charge in [-0.2, -0.15) is 0 Å². The van der Waals surface area contributed by atoms with Crippen LogP contribution >= 0.6 is 11.3 Å². The summed E-state index contributed by atoms with van der Waals surface area (Å²) >= 11 is 1.45. The molecule has 1 fully saturated rings. The maximum absolute atomic E-state index is 12.9. The Kier molecular flexibility index (Phi) is 5.17. The van der Waals surface area contributed by atoms with Gasteiger partial charge in [0.25, 0.3) is 5.91 Å². The lowest BCUT2D eigenvalue weighted by Crippen LogP contribution is -2.28. The van der Waals surface area contributed by atoms with Crippen LogP contribution in [0.2, 0.25) is 0 Å². The minimum Gasteiger partial charge on any atom is -0.365 e. The van der Waals surface area contributed by atoms with Crippen molar-refractivity contribution in [1.29, 1.82) is 0 Å². The van der Waals surface area contributed by atoms with Crippen molar-refractivity contribution in [1.82, 2.24) is 0 Å². The molecule has 2 atom stereocenters. The number of hydrogen-bond donors (Lipinski definition) is 2. The van der Waals surface area contributed by atoms with Gasteiger partial charge in [0.2, 0.25) is 11.8 Å². The van der Waals surface area contributed by atoms with E-state index in [0.717, 1.165) is 41.0 Å². The lowest BCUT2D eigenvalue weighted by atomic mass is 9.88. The first-order chi connectivity index (χ1) is 13.8. The molecule has 6 nitrogen and oxygen atoms in total. The van der Waals surface area contributed by atoms with Crippen LogP contribution in [-0.2, 0) is 22.4 Å². The Bertz CT molecular complexity index is 980. The van der Waals surface area contributed by atoms with Crippen LogP contribution in [0.4, 0.5) is 10.7 Å². The minimum absolute atomic E-state index is 0.0663. The first-order valence-electron chi connectivity index (χ1n) is 9.95. The van der Waals surface area contributed by atoms with E-state index in [1.54, 1.807) is 4.90 Å². The van der Waals surface area contributed by atoms with Gasteiger partial charge in [0.15, 0.2) is 0 Å². The number of nitrogens with two attached hydrogens (primary N) is 1. The number of primary amides is 1. The molecule has 4 rings (SSSR count). The third-order valence-electron chi connectivity index (χ3n) is 5.84. The van der Waals surface area contributed by atoms with Crippen molar-refractivity contribution in [2.24, 2.45) is 17.6 Å². The molecule has 2 heterocycles. The van der Waals surface area contributed by atoms with Crippen LogP contribution in [0.5, 0.6) is 0 Å². The standard InChI is InChI=1S/C22H25N3O3S/c1-12-3-6-15(7-4-12)25-11-14(10-18(25)26)21(28)24-22-19(20(23)27)16-8-5-13(2)9-17(16)29-22/h3-4,6-7,13-14H,5,8-11H2,1-2H3,(H2,23,27)(H,24,28). The number of carbonyl (C=O) groups excluding carboxylic acids is 3. The summed E-state index contributed by atoms with van der Waals surface area (Å²) in [6.07, 6.45) is 2.89. The predicted molar refractivity (Wildman–Crippen MR) is 114 cm³/mol. The molecule has 1 aliphatic carbocycles. The molecule has 2 aliphatic rings. The monoisotopic (exact) mass is 411 g/mol. The zero-order valence-corrected chi connectivity index (χ0v) is 17.5. The quantitative estimate of drug-likeness (QED) is 0.809. The van der Waals surface area contributed by atoms with Gasteiger partial charge in [0.05, 0.1) is 11.5 Å². The van der Waals surface area contributed by atoms with Crippen molar-refractivity contribution in [3.63, 3.8) is 0 Å². The summed E-state index contributed by atoms with van der Waals surface area (Å²) in [6, 6.07) is 7.69. The number of fused-ring (bicyclic) bond motifs is 1. The SMILES string of the molecule is Cc1ccc(N2CC(C(=O)Nc3sc4c(c3C(N)=O)CCC(C)C4)CC2=O)cc1. The van der Waals surface area contributed by atoms with Crippen LogP contribution in [0.15, 0.2) is 24.3 Å². The summed E-state index contributed by atoms with van der Waals surface area (Å²) in [6.45, 7) is 4.51. The molecule has 0 spiro atoms. The van der Waals surface area contributed by atoms with Crippen LogP contribution in [0.3, 0.4) is 0 Å². The van der Waals surface area contributed by atoms with Crippen molar-refractivity contribution < 1.29 is 14.4 Å². The van der Waals surface area contributed by atoms with Crippen LogP contribution in [0, 0.1) is 18.8 Å². The van der Waals surface area contributed by atoms with E-state index in [9.17, 15) is 14.4 Å². The normalized spacial score (nSPS) is 21.2. The molecule has 1 aromatic heterocycles. The molecule has 29 heavy (non-hydrogen) atoms. The van der Waals surface area contributed by atoms with Crippen molar-refractivity contribution in [2.75, 3.05) is 16.8 Å². The fourth-order valence-electron chi connectivity index (χ4n) is 4.17. The maximum Gasteiger partial charge on any atom is 0.251 e. The Morgan fingerprint density at radius 2 is 1.93 bits per heavy atom. The second-order valence-electron chi connectivity index (χ2n) is 8.15. The number of thiophene rings is 1. The van der Waals surface area contributed by atoms with Crippen LogP contribution in [0.1, 0.15) is 46.1 Å². The molecule has 152 valence electrons. The average Bonchev–Trinajstić information content (AvgIpc) is 3.22. The van der Waals surface area contributed by atoms with Crippen molar-refractivity contribution in [3.05, 3.63) is 45.8 Å². The van der Waals surface area contributed by atoms with E-state index in [1.807, 2.05) is 31.2 Å². The molecule has 1 saturated heterocycles. The summed E-state index contributed by atoms with van der Waals surface area (Å²) in [5, 5.41) is 3.44. The fourth-order valence-corrected chi connectivity index (χ4v) is 5.59. The molecule has 3 N–H and O–H groups in total. The van der Waals surface area contributed by atoms with Gasteiger partial charge in [0.1, 0.15) is 5.00 Å². The molecule has 2 aromatic rings. The molecule has 7 heteroatoms. The van der Waals surface area contributed by atoms with E-state index in [0.29, 0.717) is 23.0 Å². The van der Waals surface area contributed by atoms with E-state index in [1.165, 1.54) is 11.3 Å². The molecule has 3 amide bonds. The van der Waals surface area contributed by atoms with E-state index >= 15 is 0 Å². The summed E-state index contributed by atoms with van der Waals surface area (Å²) < 4.78 is 0. The van der Waals surface area contributed by atoms with Crippen molar-refractivity contribution >= 4 is 39.7 Å². The van der Waals surface area contributed by atoms with Crippen molar-refractivity contribution in [2.45, 2.75) is 39.5 Å². The summed E-state index contributed by atoms with van der Waals surface area (Å²) in [4.78, 5) is 40.2. The number of nitrogens with one attached hydrogen (secondary N) is 1. The van der Waals surface area contributed by atoms with Gasteiger partial charge in [-0.25, -0.2) is 0 Å². The molecular weight excluding hydrogens is 386 g/mol. The predicted octanol–water partition coefficient (Wildman–Crippen LogP) is 3.27. The van der Waals surface area contributed by atoms with Gasteiger partial charge < -0.3 is 16.0 Å². The van der Waals surface area contributed by atoms with Crippen molar-refractivity contribution in [3.8, 4) is 0 Å². The number of nitrogens with zero attached hydrogens (tertiary/aromatic N) is 1. The molecule has 1 aliphatic heterocycles. The maximum atomic E-state index is 12.9. The summed E-state index contributed by atoms with van der Waals surface area (Å²) in [5.74, 6) is -0.704. The molecule has 0 bridgehead atoms. The number of rotatable bonds is 4. The van der Waals surface area contributed by atoms with E-state index in [2.05, 4.69) is 12.2 Å². The Balaban J connectivity index is 1.52. The summed E-state index contributed by atoms with van der Waals surface area (Å²) in [7, 11) is 0. The number of aryl methyl sites for hydroxylation is 1. The highest BCUT2D eigenvalue weighted by atomic mass is 32.1. The minimum atomic E-state index is -0.504. The topological polar surface area (TPSA) is 92.5 Å². The number of amides is 3. The molecule has 2 unspecified atom stereocenters. The van der Waals surface area contributed by atoms with Gasteiger partial charge in [-0.3, -0.25) is 14.4 Å². The van der Waals surface area contributed by atoms with E-state index < -0.39 is 11.8 Å². The smallest absolute Gasteiger partial charge is 0.251 e. The van der Waals surface area contributed by atoms with Gasteiger partial charge in [-0.1, -0.05) is 24.6 Å². The number of carbonyl (C=O) groups is 3.